The van der Waals surface area contributed by atoms with Crippen LogP contribution in [0, 0.1) is 23.1 Å². The maximum absolute atomic E-state index is 13.7. The summed E-state index contributed by atoms with van der Waals surface area (Å²) < 4.78 is 13.7. The van der Waals surface area contributed by atoms with Gasteiger partial charge in [-0.1, -0.05) is 19.4 Å². The Morgan fingerprint density at radius 3 is 2.95 bits per heavy atom. The van der Waals surface area contributed by atoms with E-state index in [4.69, 9.17) is 11.0 Å². The molecule has 1 heterocycles. The number of benzene rings is 1. The molecule has 2 rings (SSSR count). The van der Waals surface area contributed by atoms with Crippen molar-refractivity contribution in [1.29, 1.82) is 5.26 Å². The molecular formula is C15H20FN3. The summed E-state index contributed by atoms with van der Waals surface area (Å²) in [6, 6.07) is 6.98. The van der Waals surface area contributed by atoms with E-state index in [9.17, 15) is 4.39 Å². The highest BCUT2D eigenvalue weighted by molar-refractivity contribution is 5.60. The lowest BCUT2D eigenvalue weighted by molar-refractivity contribution is 0.335. The molecule has 1 aromatic carbocycles. The van der Waals surface area contributed by atoms with E-state index in [0.717, 1.165) is 25.8 Å². The number of rotatable bonds is 3. The molecule has 0 aromatic heterocycles. The van der Waals surface area contributed by atoms with Crippen LogP contribution in [-0.2, 0) is 0 Å². The molecule has 1 fully saturated rings. The van der Waals surface area contributed by atoms with Gasteiger partial charge in [0.25, 0.3) is 0 Å². The molecule has 1 aliphatic heterocycles. The van der Waals surface area contributed by atoms with Gasteiger partial charge in [-0.3, -0.25) is 0 Å². The molecule has 4 heteroatoms. The second-order valence-corrected chi connectivity index (χ2v) is 5.13. The molecule has 2 N–H and O–H groups in total. The van der Waals surface area contributed by atoms with E-state index >= 15 is 0 Å². The predicted octanol–water partition coefficient (Wildman–Crippen LogP) is 2.65. The van der Waals surface area contributed by atoms with Crippen molar-refractivity contribution in [2.75, 3.05) is 18.0 Å². The molecule has 1 aliphatic rings. The molecule has 0 spiro atoms. The van der Waals surface area contributed by atoms with Gasteiger partial charge in [0.1, 0.15) is 17.4 Å². The fourth-order valence-electron chi connectivity index (χ4n) is 2.91. The van der Waals surface area contributed by atoms with Crippen molar-refractivity contribution in [3.63, 3.8) is 0 Å². The average molecular weight is 261 g/mol. The van der Waals surface area contributed by atoms with Gasteiger partial charge in [-0.15, -0.1) is 0 Å². The number of nitrogens with zero attached hydrogens (tertiary/aromatic N) is 2. The number of nitrogens with two attached hydrogens (primary N) is 1. The van der Waals surface area contributed by atoms with Crippen LogP contribution in [0.3, 0.4) is 0 Å². The number of piperidine rings is 1. The summed E-state index contributed by atoms with van der Waals surface area (Å²) in [4.78, 5) is 2.10. The predicted molar refractivity (Wildman–Crippen MR) is 74.3 cm³/mol. The van der Waals surface area contributed by atoms with Crippen LogP contribution in [0.2, 0.25) is 0 Å². The number of hydrogen-bond acceptors (Lipinski definition) is 3. The Bertz CT molecular complexity index is 481. The van der Waals surface area contributed by atoms with E-state index in [2.05, 4.69) is 11.8 Å². The summed E-state index contributed by atoms with van der Waals surface area (Å²) in [6.07, 6.45) is 3.25. The molecule has 102 valence electrons. The van der Waals surface area contributed by atoms with Crippen LogP contribution in [0.4, 0.5) is 10.1 Å². The Kier molecular flexibility index (Phi) is 4.39. The Morgan fingerprint density at radius 1 is 1.53 bits per heavy atom. The van der Waals surface area contributed by atoms with E-state index in [1.54, 1.807) is 6.07 Å². The molecule has 1 saturated heterocycles. The fraction of sp³-hybridized carbons (Fsp3) is 0.533. The van der Waals surface area contributed by atoms with E-state index < -0.39 is 5.82 Å². The van der Waals surface area contributed by atoms with Crippen molar-refractivity contribution >= 4 is 5.69 Å². The lowest BCUT2D eigenvalue weighted by Gasteiger charge is -2.40. The molecular weight excluding hydrogens is 241 g/mol. The van der Waals surface area contributed by atoms with Gasteiger partial charge in [0.2, 0.25) is 0 Å². The third-order valence-electron chi connectivity index (χ3n) is 4.09. The summed E-state index contributed by atoms with van der Waals surface area (Å²) in [5.41, 5.74) is 6.68. The molecule has 3 nitrogen and oxygen atoms in total. The number of hydrogen-bond donors (Lipinski definition) is 1. The lowest BCUT2D eigenvalue weighted by Crippen LogP contribution is -2.47. The molecule has 0 bridgehead atoms. The number of anilines is 1. The molecule has 0 aliphatic carbocycles. The van der Waals surface area contributed by atoms with Crippen molar-refractivity contribution in [2.24, 2.45) is 11.7 Å². The Hall–Kier alpha value is -1.60. The molecule has 0 saturated carbocycles. The summed E-state index contributed by atoms with van der Waals surface area (Å²) in [6.45, 7) is 3.58. The van der Waals surface area contributed by atoms with E-state index in [0.29, 0.717) is 18.2 Å². The van der Waals surface area contributed by atoms with E-state index in [-0.39, 0.29) is 11.6 Å². The summed E-state index contributed by atoms with van der Waals surface area (Å²) in [7, 11) is 0. The first kappa shape index (κ1) is 13.8. The van der Waals surface area contributed by atoms with Gasteiger partial charge in [-0.2, -0.15) is 5.26 Å². The van der Waals surface area contributed by atoms with Crippen LogP contribution in [0.1, 0.15) is 31.7 Å². The van der Waals surface area contributed by atoms with Crippen LogP contribution >= 0.6 is 0 Å². The Labute approximate surface area is 113 Å². The van der Waals surface area contributed by atoms with Gasteiger partial charge in [0, 0.05) is 19.1 Å². The third kappa shape index (κ3) is 2.71. The maximum atomic E-state index is 13.7. The highest BCUT2D eigenvalue weighted by Gasteiger charge is 2.28. The summed E-state index contributed by atoms with van der Waals surface area (Å²) in [5.74, 6) is 0.234. The quantitative estimate of drug-likeness (QED) is 0.910. The van der Waals surface area contributed by atoms with Crippen molar-refractivity contribution in [2.45, 2.75) is 32.2 Å². The monoisotopic (exact) mass is 261 g/mol. The minimum Gasteiger partial charge on any atom is -0.366 e. The van der Waals surface area contributed by atoms with Crippen LogP contribution in [-0.4, -0.2) is 19.1 Å². The van der Waals surface area contributed by atoms with Crippen LogP contribution in [0.25, 0.3) is 0 Å². The molecule has 0 amide bonds. The zero-order chi connectivity index (χ0) is 13.8. The van der Waals surface area contributed by atoms with Gasteiger partial charge < -0.3 is 10.6 Å². The number of halogens is 1. The van der Waals surface area contributed by atoms with Gasteiger partial charge in [0.15, 0.2) is 0 Å². The standard InChI is InChI=1S/C15H20FN3/c1-2-11-6-7-19(12(8-11)9-17)15-5-3-4-14(16)13(15)10-18/h3-5,11-12H,2,6-9,17H2,1H3. The topological polar surface area (TPSA) is 53.0 Å². The van der Waals surface area contributed by atoms with Crippen molar-refractivity contribution in [3.05, 3.63) is 29.6 Å². The average Bonchev–Trinajstić information content (AvgIpc) is 2.46. The summed E-state index contributed by atoms with van der Waals surface area (Å²) >= 11 is 0. The van der Waals surface area contributed by atoms with Gasteiger partial charge in [0.05, 0.1) is 5.69 Å². The van der Waals surface area contributed by atoms with Crippen LogP contribution in [0.5, 0.6) is 0 Å². The van der Waals surface area contributed by atoms with Gasteiger partial charge in [-0.05, 0) is 30.9 Å². The largest absolute Gasteiger partial charge is 0.366 e. The first-order valence-electron chi connectivity index (χ1n) is 6.86. The highest BCUT2D eigenvalue weighted by Crippen LogP contribution is 2.32. The smallest absolute Gasteiger partial charge is 0.143 e. The number of nitriles is 1. The van der Waals surface area contributed by atoms with Gasteiger partial charge in [-0.25, -0.2) is 4.39 Å². The second-order valence-electron chi connectivity index (χ2n) is 5.13. The lowest BCUT2D eigenvalue weighted by atomic mass is 9.88. The Morgan fingerprint density at radius 2 is 2.32 bits per heavy atom. The molecule has 19 heavy (non-hydrogen) atoms. The van der Waals surface area contributed by atoms with Gasteiger partial charge >= 0.3 is 0 Å². The second kappa shape index (κ2) is 6.03. The molecule has 1 aromatic rings. The van der Waals surface area contributed by atoms with E-state index in [1.165, 1.54) is 6.07 Å². The minimum atomic E-state index is -0.451. The minimum absolute atomic E-state index is 0.135. The maximum Gasteiger partial charge on any atom is 0.143 e. The molecule has 2 atom stereocenters. The third-order valence-corrected chi connectivity index (χ3v) is 4.09. The fourth-order valence-corrected chi connectivity index (χ4v) is 2.91. The van der Waals surface area contributed by atoms with Crippen molar-refractivity contribution in [1.82, 2.24) is 0 Å². The highest BCUT2D eigenvalue weighted by atomic mass is 19.1. The first-order valence-corrected chi connectivity index (χ1v) is 6.86. The zero-order valence-corrected chi connectivity index (χ0v) is 11.3. The first-order chi connectivity index (χ1) is 9.21. The van der Waals surface area contributed by atoms with Crippen LogP contribution < -0.4 is 10.6 Å². The van der Waals surface area contributed by atoms with Crippen molar-refractivity contribution in [3.8, 4) is 6.07 Å². The summed E-state index contributed by atoms with van der Waals surface area (Å²) in [5, 5.41) is 9.14. The SMILES string of the molecule is CCC1CCN(c2cccc(F)c2C#N)C(CN)C1. The van der Waals surface area contributed by atoms with Crippen LogP contribution in [0.15, 0.2) is 18.2 Å². The molecule has 0 radical (unpaired) electrons. The van der Waals surface area contributed by atoms with E-state index in [1.807, 2.05) is 12.1 Å². The Balaban J connectivity index is 2.31. The molecule has 2 unspecified atom stereocenters. The normalized spacial score (nSPS) is 23.2. The zero-order valence-electron chi connectivity index (χ0n) is 11.3. The van der Waals surface area contributed by atoms with Crippen molar-refractivity contribution < 1.29 is 4.39 Å².